The Labute approximate surface area is 153 Å². The number of rotatable bonds is 5. The summed E-state index contributed by atoms with van der Waals surface area (Å²) in [6.07, 6.45) is 1.40. The fourth-order valence-electron chi connectivity index (χ4n) is 2.07. The molecule has 0 unspecified atom stereocenters. The molecule has 128 valence electrons. The molecule has 25 heavy (non-hydrogen) atoms. The Morgan fingerprint density at radius 3 is 2.56 bits per heavy atom. The molecule has 2 aromatic rings. The first-order valence-corrected chi connectivity index (χ1v) is 7.92. The van der Waals surface area contributed by atoms with Crippen LogP contribution in [0.5, 0.6) is 17.2 Å². The maximum Gasteiger partial charge on any atom is 0.266 e. The van der Waals surface area contributed by atoms with Crippen LogP contribution in [0.15, 0.2) is 46.4 Å². The molecule has 0 atom stereocenters. The highest BCUT2D eigenvalue weighted by molar-refractivity contribution is 9.10. The number of carbonyl (C=O) groups is 1. The van der Waals surface area contributed by atoms with Crippen molar-refractivity contribution in [3.63, 3.8) is 0 Å². The number of anilines is 1. The van der Waals surface area contributed by atoms with Gasteiger partial charge in [0.15, 0.2) is 11.5 Å². The number of aromatic hydroxyl groups is 1. The number of para-hydroxylation sites is 2. The van der Waals surface area contributed by atoms with Crippen LogP contribution in [0.1, 0.15) is 5.56 Å². The van der Waals surface area contributed by atoms with Gasteiger partial charge in [-0.3, -0.25) is 4.79 Å². The van der Waals surface area contributed by atoms with E-state index < -0.39 is 5.91 Å². The van der Waals surface area contributed by atoms with Gasteiger partial charge in [-0.1, -0.05) is 28.1 Å². The summed E-state index contributed by atoms with van der Waals surface area (Å²) in [7, 11) is 2.90. The Morgan fingerprint density at radius 1 is 1.24 bits per heavy atom. The highest BCUT2D eigenvalue weighted by atomic mass is 79.9. The second-order valence-electron chi connectivity index (χ2n) is 4.87. The van der Waals surface area contributed by atoms with Gasteiger partial charge in [0.05, 0.1) is 19.9 Å². The number of carbonyl (C=O) groups excluding carboxylic acids is 1. The lowest BCUT2D eigenvalue weighted by Crippen LogP contribution is -2.14. The Morgan fingerprint density at radius 2 is 1.92 bits per heavy atom. The maximum atomic E-state index is 12.4. The number of phenols is 1. The molecule has 6 nitrogen and oxygen atoms in total. The predicted octanol–water partition coefficient (Wildman–Crippen LogP) is 3.72. The minimum Gasteiger partial charge on any atom is -0.504 e. The highest BCUT2D eigenvalue weighted by Gasteiger charge is 2.14. The van der Waals surface area contributed by atoms with Crippen molar-refractivity contribution in [2.24, 2.45) is 0 Å². The summed E-state index contributed by atoms with van der Waals surface area (Å²) in [6.45, 7) is 0. The number of nitriles is 1. The van der Waals surface area contributed by atoms with Gasteiger partial charge in [-0.15, -0.1) is 0 Å². The van der Waals surface area contributed by atoms with Crippen molar-refractivity contribution in [1.82, 2.24) is 0 Å². The summed E-state index contributed by atoms with van der Waals surface area (Å²) in [5.74, 6) is 0.0898. The Kier molecular flexibility index (Phi) is 6.03. The van der Waals surface area contributed by atoms with E-state index in [-0.39, 0.29) is 17.1 Å². The average molecular weight is 403 g/mol. The standard InChI is InChI=1S/C18H15BrN2O4/c1-24-16-6-4-3-5-14(16)21-18(23)12(10-20)7-11-8-17(25-2)15(22)9-13(11)19/h3-9,22H,1-2H3,(H,21,23). The van der Waals surface area contributed by atoms with Gasteiger partial charge in [-0.05, 0) is 35.9 Å². The first-order valence-electron chi connectivity index (χ1n) is 7.12. The van der Waals surface area contributed by atoms with Gasteiger partial charge >= 0.3 is 0 Å². The minimum atomic E-state index is -0.578. The van der Waals surface area contributed by atoms with E-state index in [4.69, 9.17) is 9.47 Å². The molecule has 0 aliphatic rings. The summed E-state index contributed by atoms with van der Waals surface area (Å²) >= 11 is 3.29. The van der Waals surface area contributed by atoms with Crippen molar-refractivity contribution in [2.45, 2.75) is 0 Å². The molecule has 0 bridgehead atoms. The smallest absolute Gasteiger partial charge is 0.266 e. The second-order valence-corrected chi connectivity index (χ2v) is 5.72. The van der Waals surface area contributed by atoms with Crippen molar-refractivity contribution < 1.29 is 19.4 Å². The molecule has 0 saturated carbocycles. The quantitative estimate of drug-likeness (QED) is 0.587. The molecule has 0 saturated heterocycles. The Balaban J connectivity index is 2.35. The van der Waals surface area contributed by atoms with Crippen LogP contribution in [-0.2, 0) is 4.79 Å². The van der Waals surface area contributed by atoms with Crippen LogP contribution in [0.3, 0.4) is 0 Å². The average Bonchev–Trinajstić information content (AvgIpc) is 2.61. The molecular formula is C18H15BrN2O4. The van der Waals surface area contributed by atoms with Gasteiger partial charge in [-0.25, -0.2) is 0 Å². The summed E-state index contributed by atoms with van der Waals surface area (Å²) in [5.41, 5.74) is 0.860. The number of methoxy groups -OCH3 is 2. The molecule has 0 radical (unpaired) electrons. The summed E-state index contributed by atoms with van der Waals surface area (Å²) in [4.78, 5) is 12.4. The topological polar surface area (TPSA) is 91.6 Å². The number of ether oxygens (including phenoxy) is 2. The van der Waals surface area contributed by atoms with Gasteiger partial charge in [-0.2, -0.15) is 5.26 Å². The van der Waals surface area contributed by atoms with E-state index in [0.29, 0.717) is 21.5 Å². The molecule has 0 aromatic heterocycles. The lowest BCUT2D eigenvalue weighted by Gasteiger charge is -2.10. The van der Waals surface area contributed by atoms with Crippen LogP contribution >= 0.6 is 15.9 Å². The summed E-state index contributed by atoms with van der Waals surface area (Å²) in [5, 5.41) is 21.7. The molecular weight excluding hydrogens is 388 g/mol. The number of phenolic OH excluding ortho intramolecular Hbond substituents is 1. The first-order chi connectivity index (χ1) is 12.0. The zero-order valence-corrected chi connectivity index (χ0v) is 15.1. The van der Waals surface area contributed by atoms with Gasteiger partial charge in [0.1, 0.15) is 17.4 Å². The molecule has 0 aliphatic heterocycles. The van der Waals surface area contributed by atoms with Gasteiger partial charge < -0.3 is 19.9 Å². The van der Waals surface area contributed by atoms with E-state index in [0.717, 1.165) is 0 Å². The largest absolute Gasteiger partial charge is 0.504 e. The second kappa shape index (κ2) is 8.22. The number of halogens is 1. The fourth-order valence-corrected chi connectivity index (χ4v) is 2.52. The van der Waals surface area contributed by atoms with Crippen LogP contribution < -0.4 is 14.8 Å². The van der Waals surface area contributed by atoms with Crippen molar-refractivity contribution in [3.8, 4) is 23.3 Å². The zero-order valence-electron chi connectivity index (χ0n) is 13.5. The zero-order chi connectivity index (χ0) is 18.4. The number of nitrogens with one attached hydrogen (secondary N) is 1. The molecule has 2 N–H and O–H groups in total. The van der Waals surface area contributed by atoms with Crippen molar-refractivity contribution in [1.29, 1.82) is 5.26 Å². The monoisotopic (exact) mass is 402 g/mol. The fraction of sp³-hybridized carbons (Fsp3) is 0.111. The van der Waals surface area contributed by atoms with Gasteiger partial charge in [0.2, 0.25) is 0 Å². The van der Waals surface area contributed by atoms with E-state index in [2.05, 4.69) is 21.2 Å². The molecule has 0 heterocycles. The predicted molar refractivity (Wildman–Crippen MR) is 97.6 cm³/mol. The lowest BCUT2D eigenvalue weighted by atomic mass is 10.1. The normalized spacial score (nSPS) is 10.7. The third-order valence-electron chi connectivity index (χ3n) is 3.32. The maximum absolute atomic E-state index is 12.4. The van der Waals surface area contributed by atoms with E-state index in [9.17, 15) is 15.2 Å². The molecule has 0 fully saturated rings. The highest BCUT2D eigenvalue weighted by Crippen LogP contribution is 2.33. The number of benzene rings is 2. The Bertz CT molecular complexity index is 872. The van der Waals surface area contributed by atoms with E-state index in [1.165, 1.54) is 32.4 Å². The van der Waals surface area contributed by atoms with Crippen molar-refractivity contribution in [3.05, 3.63) is 52.0 Å². The van der Waals surface area contributed by atoms with Crippen molar-refractivity contribution >= 4 is 33.6 Å². The molecule has 2 rings (SSSR count). The molecule has 0 spiro atoms. The first kappa shape index (κ1) is 18.4. The van der Waals surface area contributed by atoms with Crippen LogP contribution in [0.2, 0.25) is 0 Å². The van der Waals surface area contributed by atoms with E-state index in [1.807, 2.05) is 6.07 Å². The van der Waals surface area contributed by atoms with Crippen LogP contribution in [0, 0.1) is 11.3 Å². The van der Waals surface area contributed by atoms with Crippen molar-refractivity contribution in [2.75, 3.05) is 19.5 Å². The number of amides is 1. The number of hydrogen-bond acceptors (Lipinski definition) is 5. The van der Waals surface area contributed by atoms with Gasteiger partial charge in [0, 0.05) is 4.47 Å². The van der Waals surface area contributed by atoms with Gasteiger partial charge in [0.25, 0.3) is 5.91 Å². The molecule has 7 heteroatoms. The Hall–Kier alpha value is -2.98. The number of nitrogens with zero attached hydrogens (tertiary/aromatic N) is 1. The third-order valence-corrected chi connectivity index (χ3v) is 4.01. The lowest BCUT2D eigenvalue weighted by molar-refractivity contribution is -0.112. The SMILES string of the molecule is COc1cc(C=C(C#N)C(=O)Nc2ccccc2OC)c(Br)cc1O. The minimum absolute atomic E-state index is 0.0523. The summed E-state index contributed by atoms with van der Waals surface area (Å²) < 4.78 is 10.7. The third kappa shape index (κ3) is 4.31. The summed E-state index contributed by atoms with van der Waals surface area (Å²) in [6, 6.07) is 11.7. The molecule has 1 amide bonds. The van der Waals surface area contributed by atoms with E-state index >= 15 is 0 Å². The van der Waals surface area contributed by atoms with E-state index in [1.54, 1.807) is 24.3 Å². The molecule has 0 aliphatic carbocycles. The number of hydrogen-bond donors (Lipinski definition) is 2. The van der Waals surface area contributed by atoms with Crippen LogP contribution in [0.4, 0.5) is 5.69 Å². The van der Waals surface area contributed by atoms with Crippen LogP contribution in [0.25, 0.3) is 6.08 Å². The molecule has 2 aromatic carbocycles. The van der Waals surface area contributed by atoms with Crippen LogP contribution in [-0.4, -0.2) is 25.2 Å².